The van der Waals surface area contributed by atoms with Crippen LogP contribution in [0.2, 0.25) is 0 Å². The molecular formula is C11H9N3O3. The van der Waals surface area contributed by atoms with Gasteiger partial charge in [0.05, 0.1) is 11.2 Å². The fraction of sp³-hybridized carbons (Fsp3) is 0. The van der Waals surface area contributed by atoms with E-state index >= 15 is 0 Å². The van der Waals surface area contributed by atoms with Crippen molar-refractivity contribution < 1.29 is 15.2 Å². The summed E-state index contributed by atoms with van der Waals surface area (Å²) < 4.78 is 0. The molecule has 0 saturated carbocycles. The lowest BCUT2D eigenvalue weighted by molar-refractivity contribution is -0.122. The van der Waals surface area contributed by atoms with Crippen molar-refractivity contribution in [2.24, 2.45) is 5.16 Å². The summed E-state index contributed by atoms with van der Waals surface area (Å²) in [6.07, 6.45) is 0. The maximum atomic E-state index is 11.2. The molecule has 0 aliphatic rings. The number of para-hydroxylation sites is 1. The summed E-state index contributed by atoms with van der Waals surface area (Å²) in [6.45, 7) is 0. The number of carbonyl (C=O) groups excluding carboxylic acids is 1. The van der Waals surface area contributed by atoms with Gasteiger partial charge >= 0.3 is 0 Å². The van der Waals surface area contributed by atoms with E-state index in [-0.39, 0.29) is 11.4 Å². The van der Waals surface area contributed by atoms with Gasteiger partial charge < -0.3 is 5.21 Å². The van der Waals surface area contributed by atoms with Crippen molar-refractivity contribution in [1.82, 2.24) is 10.5 Å². The normalized spacial score (nSPS) is 11.5. The van der Waals surface area contributed by atoms with E-state index < -0.39 is 5.91 Å². The maximum absolute atomic E-state index is 11.2. The van der Waals surface area contributed by atoms with Gasteiger partial charge in [0, 0.05) is 5.39 Å². The highest BCUT2D eigenvalue weighted by Gasteiger charge is 2.15. The van der Waals surface area contributed by atoms with Crippen LogP contribution in [0.3, 0.4) is 0 Å². The maximum Gasteiger partial charge on any atom is 0.298 e. The molecule has 0 aliphatic carbocycles. The predicted molar refractivity (Wildman–Crippen MR) is 60.0 cm³/mol. The monoisotopic (exact) mass is 231 g/mol. The Morgan fingerprint density at radius 1 is 1.24 bits per heavy atom. The van der Waals surface area contributed by atoms with Gasteiger partial charge in [-0.05, 0) is 12.1 Å². The summed E-state index contributed by atoms with van der Waals surface area (Å²) in [5.74, 6) is -0.921. The highest BCUT2D eigenvalue weighted by atomic mass is 16.5. The third-order valence-electron chi connectivity index (χ3n) is 2.26. The molecule has 6 heteroatoms. The largest absolute Gasteiger partial charge is 0.410 e. The second kappa shape index (κ2) is 4.58. The second-order valence-corrected chi connectivity index (χ2v) is 3.28. The van der Waals surface area contributed by atoms with Crippen LogP contribution in [0.15, 0.2) is 41.6 Å². The summed E-state index contributed by atoms with van der Waals surface area (Å²) in [5, 5.41) is 20.9. The topological polar surface area (TPSA) is 94.8 Å². The van der Waals surface area contributed by atoms with Crippen LogP contribution in [0.25, 0.3) is 10.9 Å². The van der Waals surface area contributed by atoms with Gasteiger partial charge in [0.25, 0.3) is 5.91 Å². The van der Waals surface area contributed by atoms with Crippen molar-refractivity contribution >= 4 is 22.5 Å². The number of fused-ring (bicyclic) bond motifs is 1. The van der Waals surface area contributed by atoms with Crippen LogP contribution in [0.5, 0.6) is 0 Å². The van der Waals surface area contributed by atoms with Crippen molar-refractivity contribution in [3.8, 4) is 0 Å². The van der Waals surface area contributed by atoms with E-state index in [4.69, 9.17) is 10.4 Å². The van der Waals surface area contributed by atoms with Crippen LogP contribution in [0.4, 0.5) is 0 Å². The Bertz CT molecular complexity index is 595. The molecule has 0 spiro atoms. The first-order valence-electron chi connectivity index (χ1n) is 4.79. The first kappa shape index (κ1) is 11.0. The number of carbonyl (C=O) groups is 1. The number of pyridine rings is 1. The Balaban J connectivity index is 2.52. The van der Waals surface area contributed by atoms with E-state index in [1.807, 2.05) is 12.1 Å². The van der Waals surface area contributed by atoms with Gasteiger partial charge in [-0.15, -0.1) is 0 Å². The molecule has 0 atom stereocenters. The van der Waals surface area contributed by atoms with Crippen LogP contribution in [-0.2, 0) is 4.79 Å². The molecule has 1 aromatic heterocycles. The van der Waals surface area contributed by atoms with E-state index in [0.29, 0.717) is 5.52 Å². The highest BCUT2D eigenvalue weighted by molar-refractivity contribution is 6.44. The number of aromatic nitrogens is 1. The van der Waals surface area contributed by atoms with Gasteiger partial charge in [0.15, 0.2) is 5.71 Å². The van der Waals surface area contributed by atoms with Gasteiger partial charge in [0.2, 0.25) is 0 Å². The Hall–Kier alpha value is -2.47. The molecule has 0 bridgehead atoms. The average molecular weight is 231 g/mol. The first-order valence-corrected chi connectivity index (χ1v) is 4.79. The van der Waals surface area contributed by atoms with Crippen LogP contribution in [0, 0.1) is 0 Å². The number of benzene rings is 1. The van der Waals surface area contributed by atoms with Gasteiger partial charge in [-0.3, -0.25) is 10.0 Å². The third-order valence-corrected chi connectivity index (χ3v) is 2.26. The molecule has 0 aliphatic heterocycles. The Labute approximate surface area is 96.2 Å². The molecular weight excluding hydrogens is 222 g/mol. The standard InChI is InChI=1S/C11H9N3O3/c15-11(14-17)10(13-16)9-6-5-7-3-1-2-4-8(7)12-9/h1-6,16-17H,(H,14,15)/b13-10+. The highest BCUT2D eigenvalue weighted by Crippen LogP contribution is 2.12. The van der Waals surface area contributed by atoms with E-state index in [9.17, 15) is 4.79 Å². The zero-order valence-corrected chi connectivity index (χ0v) is 8.66. The zero-order valence-electron chi connectivity index (χ0n) is 8.66. The van der Waals surface area contributed by atoms with Gasteiger partial charge in [-0.2, -0.15) is 0 Å². The number of hydrogen-bond donors (Lipinski definition) is 3. The second-order valence-electron chi connectivity index (χ2n) is 3.28. The molecule has 0 fully saturated rings. The molecule has 1 aromatic carbocycles. The summed E-state index contributed by atoms with van der Waals surface area (Å²) in [4.78, 5) is 15.3. The molecule has 2 rings (SSSR count). The SMILES string of the molecule is O=C(NO)/C(=N/O)c1ccc2ccccc2n1. The first-order chi connectivity index (χ1) is 8.26. The molecule has 1 heterocycles. The van der Waals surface area contributed by atoms with Crippen LogP contribution < -0.4 is 5.48 Å². The Morgan fingerprint density at radius 2 is 2.00 bits per heavy atom. The zero-order chi connectivity index (χ0) is 12.3. The molecule has 3 N–H and O–H groups in total. The minimum absolute atomic E-state index is 0.178. The summed E-state index contributed by atoms with van der Waals surface area (Å²) in [5.41, 5.74) is 1.89. The number of oxime groups is 1. The summed E-state index contributed by atoms with van der Waals surface area (Å²) in [6, 6.07) is 10.6. The van der Waals surface area contributed by atoms with E-state index in [0.717, 1.165) is 5.39 Å². The van der Waals surface area contributed by atoms with Crippen LogP contribution in [0.1, 0.15) is 5.69 Å². The number of hydroxylamine groups is 1. The smallest absolute Gasteiger partial charge is 0.298 e. The third kappa shape index (κ3) is 2.06. The van der Waals surface area contributed by atoms with Gasteiger partial charge in [-0.1, -0.05) is 29.4 Å². The van der Waals surface area contributed by atoms with Crippen LogP contribution >= 0.6 is 0 Å². The van der Waals surface area contributed by atoms with E-state index in [1.54, 1.807) is 18.2 Å². The molecule has 86 valence electrons. The molecule has 0 saturated heterocycles. The van der Waals surface area contributed by atoms with Crippen molar-refractivity contribution in [3.05, 3.63) is 42.1 Å². The van der Waals surface area contributed by atoms with Crippen molar-refractivity contribution in [2.45, 2.75) is 0 Å². The summed E-state index contributed by atoms with van der Waals surface area (Å²) >= 11 is 0. The lowest BCUT2D eigenvalue weighted by Crippen LogP contribution is -2.29. The van der Waals surface area contributed by atoms with Crippen LogP contribution in [-0.4, -0.2) is 27.0 Å². The van der Waals surface area contributed by atoms with Crippen molar-refractivity contribution in [3.63, 3.8) is 0 Å². The minimum atomic E-state index is -0.921. The number of nitrogens with zero attached hydrogens (tertiary/aromatic N) is 2. The average Bonchev–Trinajstić information content (AvgIpc) is 2.39. The molecule has 0 unspecified atom stereocenters. The number of rotatable bonds is 2. The molecule has 1 amide bonds. The van der Waals surface area contributed by atoms with Gasteiger partial charge in [-0.25, -0.2) is 10.5 Å². The Morgan fingerprint density at radius 3 is 2.71 bits per heavy atom. The van der Waals surface area contributed by atoms with Crippen molar-refractivity contribution in [2.75, 3.05) is 0 Å². The predicted octanol–water partition coefficient (Wildman–Crippen LogP) is 0.918. The van der Waals surface area contributed by atoms with Crippen molar-refractivity contribution in [1.29, 1.82) is 0 Å². The fourth-order valence-corrected chi connectivity index (χ4v) is 1.46. The molecule has 6 nitrogen and oxygen atoms in total. The molecule has 17 heavy (non-hydrogen) atoms. The number of amides is 1. The molecule has 0 radical (unpaired) electrons. The van der Waals surface area contributed by atoms with E-state index in [2.05, 4.69) is 10.1 Å². The summed E-state index contributed by atoms with van der Waals surface area (Å²) in [7, 11) is 0. The Kier molecular flexibility index (Phi) is 2.97. The lowest BCUT2D eigenvalue weighted by Gasteiger charge is -2.03. The quantitative estimate of drug-likeness (QED) is 0.310. The molecule has 2 aromatic rings. The fourth-order valence-electron chi connectivity index (χ4n) is 1.46. The van der Waals surface area contributed by atoms with Gasteiger partial charge in [0.1, 0.15) is 0 Å². The minimum Gasteiger partial charge on any atom is -0.410 e. The van der Waals surface area contributed by atoms with E-state index in [1.165, 1.54) is 11.5 Å². The lowest BCUT2D eigenvalue weighted by atomic mass is 10.1. The number of nitrogens with one attached hydrogen (secondary N) is 1. The number of hydrogen-bond acceptors (Lipinski definition) is 5.